The molecular formula is C37H37FN4O3. The van der Waals surface area contributed by atoms with E-state index in [0.717, 1.165) is 56.0 Å². The largest absolute Gasteiger partial charge is 0.449 e. The fourth-order valence-corrected chi connectivity index (χ4v) is 5.70. The maximum absolute atomic E-state index is 14.1. The third kappa shape index (κ3) is 7.24. The lowest BCUT2D eigenvalue weighted by atomic mass is 10.1. The van der Waals surface area contributed by atoms with Gasteiger partial charge in [0.2, 0.25) is 0 Å². The molecule has 1 fully saturated rings. The van der Waals surface area contributed by atoms with Gasteiger partial charge in [0.15, 0.2) is 11.5 Å². The Hall–Kier alpha value is -4.95. The third-order valence-electron chi connectivity index (χ3n) is 8.27. The minimum absolute atomic E-state index is 0.137. The number of benzene rings is 4. The molecule has 0 saturated carbocycles. The summed E-state index contributed by atoms with van der Waals surface area (Å²) in [7, 11) is 0. The standard InChI is InChI=1S/C37H37FN4O3/c1-27-11-13-29(14-12-27)26-42-33-9-4-5-10-34(33)45-35(37(42)44)25-28-15-17-30(18-16-28)36(43)39-19-6-20-40-21-23-41(24-22-40)32-8-3-2-7-31(32)38/h2-5,7-18,25H,6,19-24,26H2,1H3,(H,39,43)/b35-25+. The molecule has 1 N–H and O–H groups in total. The first-order valence-corrected chi connectivity index (χ1v) is 15.4. The number of rotatable bonds is 9. The van der Waals surface area contributed by atoms with Crippen LogP contribution in [0.4, 0.5) is 15.8 Å². The summed E-state index contributed by atoms with van der Waals surface area (Å²) >= 11 is 0. The molecule has 7 nitrogen and oxygen atoms in total. The summed E-state index contributed by atoms with van der Waals surface area (Å²) in [5.41, 5.74) is 4.91. The molecule has 0 radical (unpaired) electrons. The molecule has 2 aliphatic rings. The molecule has 230 valence electrons. The summed E-state index contributed by atoms with van der Waals surface area (Å²) in [5.74, 6) is 0.318. The monoisotopic (exact) mass is 604 g/mol. The van der Waals surface area contributed by atoms with Crippen LogP contribution >= 0.6 is 0 Å². The summed E-state index contributed by atoms with van der Waals surface area (Å²) in [6, 6.07) is 29.7. The quantitative estimate of drug-likeness (QED) is 0.186. The summed E-state index contributed by atoms with van der Waals surface area (Å²) in [4.78, 5) is 32.5. The molecular weight excluding hydrogens is 567 g/mol. The molecule has 0 aromatic heterocycles. The molecule has 0 unspecified atom stereocenters. The van der Waals surface area contributed by atoms with Crippen molar-refractivity contribution < 1.29 is 18.7 Å². The molecule has 2 heterocycles. The normalized spacial score (nSPS) is 16.0. The maximum Gasteiger partial charge on any atom is 0.294 e. The van der Waals surface area contributed by atoms with Gasteiger partial charge in [-0.3, -0.25) is 19.4 Å². The molecule has 4 aromatic carbocycles. The molecule has 0 spiro atoms. The number of piperazine rings is 1. The van der Waals surface area contributed by atoms with Crippen LogP contribution in [-0.2, 0) is 11.3 Å². The van der Waals surface area contributed by atoms with Crippen LogP contribution in [-0.4, -0.2) is 56.0 Å². The Bertz CT molecular complexity index is 1680. The lowest BCUT2D eigenvalue weighted by Gasteiger charge is -2.36. The van der Waals surface area contributed by atoms with Crippen molar-refractivity contribution in [1.29, 1.82) is 0 Å². The molecule has 0 bridgehead atoms. The highest BCUT2D eigenvalue weighted by Gasteiger charge is 2.30. The van der Waals surface area contributed by atoms with E-state index >= 15 is 0 Å². The first-order chi connectivity index (χ1) is 21.9. The Kier molecular flexibility index (Phi) is 9.22. The van der Waals surface area contributed by atoms with Gasteiger partial charge in [-0.15, -0.1) is 0 Å². The van der Waals surface area contributed by atoms with E-state index in [9.17, 15) is 14.0 Å². The summed E-state index contributed by atoms with van der Waals surface area (Å²) in [6.07, 6.45) is 2.55. The molecule has 2 amide bonds. The van der Waals surface area contributed by atoms with Crippen LogP contribution in [0.15, 0.2) is 103 Å². The number of halogens is 1. The molecule has 1 saturated heterocycles. The maximum atomic E-state index is 14.1. The average Bonchev–Trinajstić information content (AvgIpc) is 3.07. The smallest absolute Gasteiger partial charge is 0.294 e. The van der Waals surface area contributed by atoms with Gasteiger partial charge in [0.25, 0.3) is 11.8 Å². The lowest BCUT2D eigenvalue weighted by molar-refractivity contribution is -0.117. The molecule has 6 rings (SSSR count). The van der Waals surface area contributed by atoms with Crippen molar-refractivity contribution in [2.24, 2.45) is 0 Å². The Labute approximate surface area is 263 Å². The van der Waals surface area contributed by atoms with E-state index in [1.54, 1.807) is 29.2 Å². The van der Waals surface area contributed by atoms with Gasteiger partial charge in [0, 0.05) is 38.3 Å². The molecule has 8 heteroatoms. The van der Waals surface area contributed by atoms with Gasteiger partial charge in [0.05, 0.1) is 17.9 Å². The number of para-hydroxylation sites is 3. The van der Waals surface area contributed by atoms with Crippen molar-refractivity contribution >= 4 is 29.3 Å². The van der Waals surface area contributed by atoms with Crippen LogP contribution in [0, 0.1) is 12.7 Å². The number of hydrogen-bond acceptors (Lipinski definition) is 5. The zero-order chi connectivity index (χ0) is 31.2. The van der Waals surface area contributed by atoms with Crippen molar-refractivity contribution in [2.75, 3.05) is 49.1 Å². The van der Waals surface area contributed by atoms with Crippen LogP contribution in [0.1, 0.15) is 33.5 Å². The number of nitrogens with one attached hydrogen (secondary N) is 1. The topological polar surface area (TPSA) is 65.1 Å². The Morgan fingerprint density at radius 2 is 1.56 bits per heavy atom. The average molecular weight is 605 g/mol. The SMILES string of the molecule is Cc1ccc(CN2C(=O)/C(=C\c3ccc(C(=O)NCCCN4CCN(c5ccccc5F)CC4)cc3)Oc3ccccc32)cc1. The highest BCUT2D eigenvalue weighted by Crippen LogP contribution is 2.36. The highest BCUT2D eigenvalue weighted by molar-refractivity contribution is 6.09. The van der Waals surface area contributed by atoms with Crippen molar-refractivity contribution in [3.8, 4) is 5.75 Å². The molecule has 4 aromatic rings. The van der Waals surface area contributed by atoms with E-state index in [2.05, 4.69) is 15.1 Å². The highest BCUT2D eigenvalue weighted by atomic mass is 19.1. The number of hydrogen-bond donors (Lipinski definition) is 1. The van der Waals surface area contributed by atoms with Crippen molar-refractivity contribution in [1.82, 2.24) is 10.2 Å². The number of anilines is 2. The second kappa shape index (κ2) is 13.8. The van der Waals surface area contributed by atoms with E-state index in [-0.39, 0.29) is 23.4 Å². The van der Waals surface area contributed by atoms with E-state index in [1.165, 1.54) is 11.6 Å². The van der Waals surface area contributed by atoms with Gasteiger partial charge in [-0.1, -0.05) is 66.2 Å². The molecule has 2 aliphatic heterocycles. The van der Waals surface area contributed by atoms with Gasteiger partial charge < -0.3 is 15.0 Å². The third-order valence-corrected chi connectivity index (χ3v) is 8.27. The number of amides is 2. The number of fused-ring (bicyclic) bond motifs is 1. The Morgan fingerprint density at radius 1 is 0.867 bits per heavy atom. The lowest BCUT2D eigenvalue weighted by Crippen LogP contribution is -2.47. The Balaban J connectivity index is 1.01. The fourth-order valence-electron chi connectivity index (χ4n) is 5.70. The Morgan fingerprint density at radius 3 is 2.29 bits per heavy atom. The predicted octanol–water partition coefficient (Wildman–Crippen LogP) is 6.04. The second-order valence-corrected chi connectivity index (χ2v) is 11.5. The van der Waals surface area contributed by atoms with Crippen LogP contribution in [0.5, 0.6) is 5.75 Å². The van der Waals surface area contributed by atoms with Crippen LogP contribution in [0.3, 0.4) is 0 Å². The first-order valence-electron chi connectivity index (χ1n) is 15.4. The summed E-state index contributed by atoms with van der Waals surface area (Å²) in [6.45, 7) is 7.19. The van der Waals surface area contributed by atoms with Crippen LogP contribution in [0.2, 0.25) is 0 Å². The van der Waals surface area contributed by atoms with E-state index in [0.29, 0.717) is 30.1 Å². The molecule has 0 atom stereocenters. The fraction of sp³-hybridized carbons (Fsp3) is 0.243. The van der Waals surface area contributed by atoms with Gasteiger partial charge in [-0.2, -0.15) is 0 Å². The minimum atomic E-state index is -0.218. The van der Waals surface area contributed by atoms with Crippen molar-refractivity contribution in [3.63, 3.8) is 0 Å². The zero-order valence-corrected chi connectivity index (χ0v) is 25.4. The summed E-state index contributed by atoms with van der Waals surface area (Å²) < 4.78 is 20.1. The van der Waals surface area contributed by atoms with Gasteiger partial charge in [-0.05, 0) is 73.5 Å². The van der Waals surface area contributed by atoms with Crippen molar-refractivity contribution in [2.45, 2.75) is 19.9 Å². The number of carbonyl (C=O) groups excluding carboxylic acids is 2. The van der Waals surface area contributed by atoms with Crippen molar-refractivity contribution in [3.05, 3.63) is 131 Å². The van der Waals surface area contributed by atoms with E-state index < -0.39 is 0 Å². The predicted molar refractivity (Wildman–Crippen MR) is 176 cm³/mol. The second-order valence-electron chi connectivity index (χ2n) is 11.5. The zero-order valence-electron chi connectivity index (χ0n) is 25.4. The van der Waals surface area contributed by atoms with Crippen LogP contribution in [0.25, 0.3) is 6.08 Å². The van der Waals surface area contributed by atoms with Gasteiger partial charge in [-0.25, -0.2) is 4.39 Å². The van der Waals surface area contributed by atoms with Gasteiger partial charge >= 0.3 is 0 Å². The minimum Gasteiger partial charge on any atom is -0.449 e. The number of ether oxygens (including phenoxy) is 1. The number of aryl methyl sites for hydroxylation is 1. The number of nitrogens with zero attached hydrogens (tertiary/aromatic N) is 3. The van der Waals surface area contributed by atoms with E-state index in [4.69, 9.17) is 4.74 Å². The number of carbonyl (C=O) groups is 2. The summed E-state index contributed by atoms with van der Waals surface area (Å²) in [5, 5.41) is 3.01. The van der Waals surface area contributed by atoms with E-state index in [1.807, 2.05) is 79.7 Å². The van der Waals surface area contributed by atoms with Crippen LogP contribution < -0.4 is 19.9 Å². The molecule has 45 heavy (non-hydrogen) atoms. The molecule has 0 aliphatic carbocycles. The first kappa shape index (κ1) is 30.1. The van der Waals surface area contributed by atoms with Gasteiger partial charge in [0.1, 0.15) is 5.82 Å².